The molecule has 3 atom stereocenters. The van der Waals surface area contributed by atoms with Crippen molar-refractivity contribution in [3.05, 3.63) is 59.7 Å². The van der Waals surface area contributed by atoms with Crippen LogP contribution >= 0.6 is 0 Å². The molecule has 3 N–H and O–H groups in total. The molecule has 0 heterocycles. The Morgan fingerprint density at radius 3 is 2.06 bits per heavy atom. The fourth-order valence-electron chi connectivity index (χ4n) is 3.90. The van der Waals surface area contributed by atoms with Crippen molar-refractivity contribution in [2.24, 2.45) is 0 Å². The molecule has 0 bridgehead atoms. The lowest BCUT2D eigenvalue weighted by atomic mass is 9.98. The first kappa shape index (κ1) is 23.3. The van der Waals surface area contributed by atoms with Crippen molar-refractivity contribution in [3.63, 3.8) is 0 Å². The summed E-state index contributed by atoms with van der Waals surface area (Å²) in [7, 11) is 1.40. The number of carbonyl (C=O) groups excluding carboxylic acids is 2. The quantitative estimate of drug-likeness (QED) is 0.553. The van der Waals surface area contributed by atoms with Gasteiger partial charge in [-0.2, -0.15) is 0 Å². The number of benzene rings is 2. The molecule has 2 aromatic carbocycles. The highest BCUT2D eigenvalue weighted by atomic mass is 16.5. The molecule has 2 amide bonds. The van der Waals surface area contributed by atoms with Gasteiger partial charge in [0.25, 0.3) is 0 Å². The molecule has 170 valence electrons. The average Bonchev–Trinajstić information content (AvgIpc) is 3.12. The van der Waals surface area contributed by atoms with E-state index in [1.165, 1.54) is 7.11 Å². The zero-order valence-electron chi connectivity index (χ0n) is 18.3. The summed E-state index contributed by atoms with van der Waals surface area (Å²) in [5.41, 5.74) is 4.38. The molecule has 0 aliphatic heterocycles. The van der Waals surface area contributed by atoms with Crippen LogP contribution in [-0.2, 0) is 19.1 Å². The summed E-state index contributed by atoms with van der Waals surface area (Å²) in [6, 6.07) is 13.8. The van der Waals surface area contributed by atoms with Gasteiger partial charge in [0.2, 0.25) is 5.91 Å². The van der Waals surface area contributed by atoms with E-state index in [2.05, 4.69) is 10.6 Å². The Bertz CT molecular complexity index is 946. The van der Waals surface area contributed by atoms with Gasteiger partial charge in [-0.05, 0) is 35.6 Å². The van der Waals surface area contributed by atoms with Gasteiger partial charge in [-0.25, -0.2) is 9.59 Å². The number of hydrogen-bond acceptors (Lipinski definition) is 5. The summed E-state index contributed by atoms with van der Waals surface area (Å²) < 4.78 is 10.7. The number of carbonyl (C=O) groups is 3. The fourth-order valence-corrected chi connectivity index (χ4v) is 3.90. The number of hydrogen-bond donors (Lipinski definition) is 3. The summed E-state index contributed by atoms with van der Waals surface area (Å²) in [4.78, 5) is 36.4. The lowest BCUT2D eigenvalue weighted by Gasteiger charge is -2.25. The van der Waals surface area contributed by atoms with E-state index in [1.807, 2.05) is 48.5 Å². The van der Waals surface area contributed by atoms with Crippen LogP contribution in [-0.4, -0.2) is 55.0 Å². The number of alkyl carbamates (subject to hydrolysis) is 1. The highest BCUT2D eigenvalue weighted by Gasteiger charge is 2.32. The standard InChI is InChI=1S/C24H28N2O6/c1-4-20(23(28)29)25-22(27)21(14(2)31-3)26-24(30)32-13-19-17-11-7-5-9-15(17)16-10-6-8-12-18(16)19/h5-12,14,19-21H,4,13H2,1-3H3,(H,25,27)(H,26,30)(H,28,29)/t14-,20?,21+/m1/s1. The molecular formula is C24H28N2O6. The number of carboxylic acids is 1. The molecule has 32 heavy (non-hydrogen) atoms. The Hall–Kier alpha value is -3.39. The van der Waals surface area contributed by atoms with E-state index in [1.54, 1.807) is 13.8 Å². The predicted molar refractivity (Wildman–Crippen MR) is 118 cm³/mol. The largest absolute Gasteiger partial charge is 0.480 e. The zero-order chi connectivity index (χ0) is 23.3. The predicted octanol–water partition coefficient (Wildman–Crippen LogP) is 2.91. The van der Waals surface area contributed by atoms with Crippen LogP contribution < -0.4 is 10.6 Å². The van der Waals surface area contributed by atoms with Gasteiger partial charge in [0.05, 0.1) is 6.10 Å². The Balaban J connectivity index is 1.68. The van der Waals surface area contributed by atoms with E-state index < -0.39 is 36.2 Å². The molecule has 0 saturated heterocycles. The van der Waals surface area contributed by atoms with Crippen molar-refractivity contribution in [2.45, 2.75) is 44.4 Å². The van der Waals surface area contributed by atoms with Crippen molar-refractivity contribution < 1.29 is 29.0 Å². The number of nitrogens with one attached hydrogen (secondary N) is 2. The van der Waals surface area contributed by atoms with Gasteiger partial charge in [0.1, 0.15) is 18.7 Å². The highest BCUT2D eigenvalue weighted by molar-refractivity contribution is 5.89. The SMILES string of the molecule is CCC(NC(=O)[C@@H](NC(=O)OCC1c2ccccc2-c2ccccc21)[C@@H](C)OC)C(=O)O. The second-order valence-electron chi connectivity index (χ2n) is 7.70. The van der Waals surface area contributed by atoms with E-state index in [4.69, 9.17) is 9.47 Å². The zero-order valence-corrected chi connectivity index (χ0v) is 18.3. The van der Waals surface area contributed by atoms with Crippen molar-refractivity contribution in [1.82, 2.24) is 10.6 Å². The van der Waals surface area contributed by atoms with Gasteiger partial charge in [0.15, 0.2) is 0 Å². The molecule has 0 saturated carbocycles. The Kier molecular flexibility index (Phi) is 7.48. The normalized spacial score (nSPS) is 15.1. The number of aliphatic carboxylic acids is 1. The van der Waals surface area contributed by atoms with Crippen LogP contribution in [0.3, 0.4) is 0 Å². The Labute approximate surface area is 186 Å². The summed E-state index contributed by atoms with van der Waals surface area (Å²) in [5, 5.41) is 14.1. The van der Waals surface area contributed by atoms with E-state index >= 15 is 0 Å². The molecule has 2 aromatic rings. The topological polar surface area (TPSA) is 114 Å². The lowest BCUT2D eigenvalue weighted by Crippen LogP contribution is -2.56. The molecule has 3 rings (SSSR count). The molecule has 0 fully saturated rings. The molecular weight excluding hydrogens is 412 g/mol. The fraction of sp³-hybridized carbons (Fsp3) is 0.375. The maximum Gasteiger partial charge on any atom is 0.407 e. The highest BCUT2D eigenvalue weighted by Crippen LogP contribution is 2.44. The van der Waals surface area contributed by atoms with Gasteiger partial charge in [-0.1, -0.05) is 55.5 Å². The average molecular weight is 440 g/mol. The maximum absolute atomic E-state index is 12.6. The smallest absolute Gasteiger partial charge is 0.407 e. The van der Waals surface area contributed by atoms with E-state index in [-0.39, 0.29) is 18.9 Å². The van der Waals surface area contributed by atoms with Gasteiger partial charge in [0, 0.05) is 13.0 Å². The Morgan fingerprint density at radius 2 is 1.56 bits per heavy atom. The van der Waals surface area contributed by atoms with Crippen LogP contribution in [0, 0.1) is 0 Å². The molecule has 1 aliphatic carbocycles. The second-order valence-corrected chi connectivity index (χ2v) is 7.70. The number of carboxylic acid groups (broad SMARTS) is 1. The number of fused-ring (bicyclic) bond motifs is 3. The number of methoxy groups -OCH3 is 1. The van der Waals surface area contributed by atoms with Gasteiger partial charge < -0.3 is 25.2 Å². The van der Waals surface area contributed by atoms with Gasteiger partial charge in [-0.15, -0.1) is 0 Å². The van der Waals surface area contributed by atoms with Crippen LogP contribution in [0.15, 0.2) is 48.5 Å². The Morgan fingerprint density at radius 1 is 1.00 bits per heavy atom. The van der Waals surface area contributed by atoms with Gasteiger partial charge >= 0.3 is 12.1 Å². The molecule has 8 nitrogen and oxygen atoms in total. The van der Waals surface area contributed by atoms with E-state index in [9.17, 15) is 19.5 Å². The third-order valence-corrected chi connectivity index (χ3v) is 5.76. The van der Waals surface area contributed by atoms with E-state index in [0.717, 1.165) is 22.3 Å². The number of rotatable bonds is 9. The molecule has 1 aliphatic rings. The van der Waals surface area contributed by atoms with Crippen molar-refractivity contribution in [3.8, 4) is 11.1 Å². The van der Waals surface area contributed by atoms with Crippen LogP contribution in [0.4, 0.5) is 4.79 Å². The van der Waals surface area contributed by atoms with Crippen LogP contribution in [0.5, 0.6) is 0 Å². The maximum atomic E-state index is 12.6. The van der Waals surface area contributed by atoms with Gasteiger partial charge in [-0.3, -0.25) is 4.79 Å². The van der Waals surface area contributed by atoms with E-state index in [0.29, 0.717) is 0 Å². The van der Waals surface area contributed by atoms with Crippen molar-refractivity contribution >= 4 is 18.0 Å². The van der Waals surface area contributed by atoms with Crippen LogP contribution in [0.1, 0.15) is 37.3 Å². The summed E-state index contributed by atoms with van der Waals surface area (Å²) in [6.45, 7) is 3.35. The molecule has 0 spiro atoms. The third kappa shape index (κ3) is 4.91. The number of ether oxygens (including phenoxy) is 2. The monoisotopic (exact) mass is 440 g/mol. The molecule has 0 aromatic heterocycles. The molecule has 1 unspecified atom stereocenters. The third-order valence-electron chi connectivity index (χ3n) is 5.76. The van der Waals surface area contributed by atoms with Crippen LogP contribution in [0.25, 0.3) is 11.1 Å². The minimum Gasteiger partial charge on any atom is -0.480 e. The minimum atomic E-state index is -1.15. The van der Waals surface area contributed by atoms with Crippen molar-refractivity contribution in [2.75, 3.05) is 13.7 Å². The minimum absolute atomic E-state index is 0.0995. The summed E-state index contributed by atoms with van der Waals surface area (Å²) >= 11 is 0. The number of amides is 2. The summed E-state index contributed by atoms with van der Waals surface area (Å²) in [5.74, 6) is -1.91. The molecule has 0 radical (unpaired) electrons. The van der Waals surface area contributed by atoms with Crippen LogP contribution in [0.2, 0.25) is 0 Å². The van der Waals surface area contributed by atoms with Crippen molar-refractivity contribution in [1.29, 1.82) is 0 Å². The first-order valence-electron chi connectivity index (χ1n) is 10.5. The lowest BCUT2D eigenvalue weighted by molar-refractivity contribution is -0.142. The first-order valence-corrected chi connectivity index (χ1v) is 10.5. The molecule has 8 heteroatoms. The summed E-state index contributed by atoms with van der Waals surface area (Å²) in [6.07, 6.45) is -1.26. The second kappa shape index (κ2) is 10.3. The first-order chi connectivity index (χ1) is 15.4.